The van der Waals surface area contributed by atoms with Crippen LogP contribution in [0.4, 0.5) is 5.82 Å². The van der Waals surface area contributed by atoms with Gasteiger partial charge in [-0.15, -0.1) is 0 Å². The Hall–Kier alpha value is -1.09. The molecule has 0 amide bonds. The molecule has 0 atom stereocenters. The number of nitrogen functional groups attached to an aromatic ring is 1. The summed E-state index contributed by atoms with van der Waals surface area (Å²) >= 11 is 0. The quantitative estimate of drug-likeness (QED) is 0.844. The second-order valence-electron chi connectivity index (χ2n) is 4.94. The SMILES string of the molecule is CN(Cc1ccnc(N)c1)CC1CCCC1. The molecule has 1 fully saturated rings. The summed E-state index contributed by atoms with van der Waals surface area (Å²) in [7, 11) is 2.19. The third kappa shape index (κ3) is 3.20. The lowest BCUT2D eigenvalue weighted by Crippen LogP contribution is -2.24. The fraction of sp³-hybridized carbons (Fsp3) is 0.615. The minimum Gasteiger partial charge on any atom is -0.384 e. The third-order valence-corrected chi connectivity index (χ3v) is 3.34. The second kappa shape index (κ2) is 5.30. The molecule has 1 aromatic rings. The molecule has 1 heterocycles. The number of nitrogens with two attached hydrogens (primary N) is 1. The van der Waals surface area contributed by atoms with Crippen molar-refractivity contribution in [2.75, 3.05) is 19.3 Å². The van der Waals surface area contributed by atoms with E-state index in [0.717, 1.165) is 12.5 Å². The largest absolute Gasteiger partial charge is 0.384 e. The van der Waals surface area contributed by atoms with E-state index >= 15 is 0 Å². The zero-order chi connectivity index (χ0) is 11.4. The summed E-state index contributed by atoms with van der Waals surface area (Å²) in [6, 6.07) is 4.01. The lowest BCUT2D eigenvalue weighted by atomic mass is 10.1. The van der Waals surface area contributed by atoms with E-state index in [1.54, 1.807) is 6.20 Å². The van der Waals surface area contributed by atoms with Crippen LogP contribution in [0.1, 0.15) is 31.2 Å². The van der Waals surface area contributed by atoms with Crippen molar-refractivity contribution in [1.29, 1.82) is 0 Å². The zero-order valence-corrected chi connectivity index (χ0v) is 10.0. The van der Waals surface area contributed by atoms with Crippen LogP contribution in [0.5, 0.6) is 0 Å². The van der Waals surface area contributed by atoms with Gasteiger partial charge in [0.15, 0.2) is 0 Å². The molecule has 2 rings (SSSR count). The van der Waals surface area contributed by atoms with Crippen molar-refractivity contribution in [3.8, 4) is 0 Å². The van der Waals surface area contributed by atoms with Crippen molar-refractivity contribution in [1.82, 2.24) is 9.88 Å². The summed E-state index contributed by atoms with van der Waals surface area (Å²) < 4.78 is 0. The van der Waals surface area contributed by atoms with Gasteiger partial charge in [0, 0.05) is 19.3 Å². The van der Waals surface area contributed by atoms with Gasteiger partial charge in [-0.2, -0.15) is 0 Å². The standard InChI is InChI=1S/C13H21N3/c1-16(9-11-4-2-3-5-11)10-12-6-7-15-13(14)8-12/h6-8,11H,2-5,9-10H2,1H3,(H2,14,15). The molecule has 16 heavy (non-hydrogen) atoms. The van der Waals surface area contributed by atoms with Gasteiger partial charge < -0.3 is 10.6 Å². The Morgan fingerprint density at radius 1 is 1.44 bits per heavy atom. The topological polar surface area (TPSA) is 42.2 Å². The van der Waals surface area contributed by atoms with Crippen LogP contribution in [0.25, 0.3) is 0 Å². The molecule has 1 saturated carbocycles. The first-order valence-corrected chi connectivity index (χ1v) is 6.13. The first-order valence-electron chi connectivity index (χ1n) is 6.13. The number of hydrogen-bond donors (Lipinski definition) is 1. The fourth-order valence-electron chi connectivity index (χ4n) is 2.60. The van der Waals surface area contributed by atoms with Crippen molar-refractivity contribution < 1.29 is 0 Å². The highest BCUT2D eigenvalue weighted by Crippen LogP contribution is 2.25. The maximum absolute atomic E-state index is 5.67. The zero-order valence-electron chi connectivity index (χ0n) is 10.0. The molecule has 0 unspecified atom stereocenters. The second-order valence-corrected chi connectivity index (χ2v) is 4.94. The van der Waals surface area contributed by atoms with Crippen LogP contribution in [0, 0.1) is 5.92 Å². The molecular formula is C13H21N3. The van der Waals surface area contributed by atoms with Crippen molar-refractivity contribution in [2.45, 2.75) is 32.2 Å². The van der Waals surface area contributed by atoms with Gasteiger partial charge in [-0.3, -0.25) is 0 Å². The summed E-state index contributed by atoms with van der Waals surface area (Å²) in [6.07, 6.45) is 7.43. The predicted octanol–water partition coefficient (Wildman–Crippen LogP) is 2.29. The maximum atomic E-state index is 5.67. The summed E-state index contributed by atoms with van der Waals surface area (Å²) in [5.41, 5.74) is 6.93. The Morgan fingerprint density at radius 2 is 2.19 bits per heavy atom. The Kier molecular flexibility index (Phi) is 3.78. The number of hydrogen-bond acceptors (Lipinski definition) is 3. The van der Waals surface area contributed by atoms with Gasteiger partial charge in [0.1, 0.15) is 5.82 Å². The highest BCUT2D eigenvalue weighted by atomic mass is 15.1. The average molecular weight is 219 g/mol. The first kappa shape index (κ1) is 11.4. The Morgan fingerprint density at radius 3 is 2.88 bits per heavy atom. The minimum atomic E-state index is 0.617. The highest BCUT2D eigenvalue weighted by molar-refractivity contribution is 5.31. The van der Waals surface area contributed by atoms with Gasteiger partial charge in [0.2, 0.25) is 0 Å². The van der Waals surface area contributed by atoms with Crippen LogP contribution in [0.2, 0.25) is 0 Å². The van der Waals surface area contributed by atoms with Gasteiger partial charge in [0.25, 0.3) is 0 Å². The number of pyridine rings is 1. The van der Waals surface area contributed by atoms with Gasteiger partial charge in [0.05, 0.1) is 0 Å². The molecule has 1 aromatic heterocycles. The van der Waals surface area contributed by atoms with Gasteiger partial charge in [-0.05, 0) is 43.5 Å². The molecule has 0 bridgehead atoms. The van der Waals surface area contributed by atoms with E-state index in [9.17, 15) is 0 Å². The van der Waals surface area contributed by atoms with Crippen LogP contribution in [-0.4, -0.2) is 23.5 Å². The van der Waals surface area contributed by atoms with Crippen LogP contribution in [0.15, 0.2) is 18.3 Å². The normalized spacial score (nSPS) is 17.1. The Bertz CT molecular complexity index is 332. The summed E-state index contributed by atoms with van der Waals surface area (Å²) in [6.45, 7) is 2.19. The van der Waals surface area contributed by atoms with Crippen LogP contribution < -0.4 is 5.73 Å². The van der Waals surface area contributed by atoms with Crippen molar-refractivity contribution in [2.24, 2.45) is 5.92 Å². The molecule has 3 heteroatoms. The van der Waals surface area contributed by atoms with Crippen molar-refractivity contribution in [3.63, 3.8) is 0 Å². The summed E-state index contributed by atoms with van der Waals surface area (Å²) in [5, 5.41) is 0. The molecule has 88 valence electrons. The van der Waals surface area contributed by atoms with Crippen molar-refractivity contribution >= 4 is 5.82 Å². The Balaban J connectivity index is 1.84. The molecule has 1 aliphatic rings. The van der Waals surface area contributed by atoms with E-state index in [2.05, 4.69) is 16.9 Å². The smallest absolute Gasteiger partial charge is 0.123 e. The summed E-state index contributed by atoms with van der Waals surface area (Å²) in [4.78, 5) is 6.40. The van der Waals surface area contributed by atoms with Gasteiger partial charge in [-0.25, -0.2) is 4.98 Å². The number of rotatable bonds is 4. The van der Waals surface area contributed by atoms with E-state index in [1.165, 1.54) is 37.8 Å². The molecule has 0 spiro atoms. The fourth-order valence-corrected chi connectivity index (χ4v) is 2.60. The van der Waals surface area contributed by atoms with E-state index in [0.29, 0.717) is 5.82 Å². The molecule has 0 aliphatic heterocycles. The molecule has 0 radical (unpaired) electrons. The van der Waals surface area contributed by atoms with E-state index < -0.39 is 0 Å². The van der Waals surface area contributed by atoms with Crippen LogP contribution in [0.3, 0.4) is 0 Å². The highest BCUT2D eigenvalue weighted by Gasteiger charge is 2.16. The maximum Gasteiger partial charge on any atom is 0.123 e. The van der Waals surface area contributed by atoms with Gasteiger partial charge >= 0.3 is 0 Å². The number of anilines is 1. The molecule has 3 nitrogen and oxygen atoms in total. The number of nitrogens with zero attached hydrogens (tertiary/aromatic N) is 2. The average Bonchev–Trinajstić information content (AvgIpc) is 2.70. The number of aromatic nitrogens is 1. The van der Waals surface area contributed by atoms with Crippen molar-refractivity contribution in [3.05, 3.63) is 23.9 Å². The van der Waals surface area contributed by atoms with Gasteiger partial charge in [-0.1, -0.05) is 12.8 Å². The van der Waals surface area contributed by atoms with E-state index in [4.69, 9.17) is 5.73 Å². The molecule has 0 aromatic carbocycles. The third-order valence-electron chi connectivity index (χ3n) is 3.34. The molecule has 1 aliphatic carbocycles. The lowest BCUT2D eigenvalue weighted by molar-refractivity contribution is 0.271. The molecular weight excluding hydrogens is 198 g/mol. The first-order chi connectivity index (χ1) is 7.74. The van der Waals surface area contributed by atoms with Crippen LogP contribution >= 0.6 is 0 Å². The minimum absolute atomic E-state index is 0.617. The van der Waals surface area contributed by atoms with E-state index in [1.807, 2.05) is 12.1 Å². The molecule has 0 saturated heterocycles. The Labute approximate surface area is 97.7 Å². The predicted molar refractivity (Wildman–Crippen MR) is 66.9 cm³/mol. The summed E-state index contributed by atoms with van der Waals surface area (Å²) in [5.74, 6) is 1.52. The monoisotopic (exact) mass is 219 g/mol. The van der Waals surface area contributed by atoms with Crippen LogP contribution in [-0.2, 0) is 6.54 Å². The van der Waals surface area contributed by atoms with E-state index in [-0.39, 0.29) is 0 Å². The lowest BCUT2D eigenvalue weighted by Gasteiger charge is -2.20. The molecule has 2 N–H and O–H groups in total.